The van der Waals surface area contributed by atoms with Gasteiger partial charge in [0.25, 0.3) is 5.60 Å². The zero-order valence-electron chi connectivity index (χ0n) is 10.1. The summed E-state index contributed by atoms with van der Waals surface area (Å²) in [6.45, 7) is 0. The normalized spacial score (nSPS) is 30.0. The van der Waals surface area contributed by atoms with Crippen LogP contribution < -0.4 is 0 Å². The second-order valence-corrected chi connectivity index (χ2v) is 4.65. The minimum absolute atomic E-state index is 7.71. The van der Waals surface area contributed by atoms with E-state index in [-0.39, 0.29) is 0 Å². The van der Waals surface area contributed by atoms with Crippen molar-refractivity contribution in [3.05, 3.63) is 0 Å². The minimum atomic E-state index is -8.05. The molecule has 0 unspecified atom stereocenters. The average molecular weight is 398 g/mol. The van der Waals surface area contributed by atoms with E-state index in [4.69, 9.17) is 5.11 Å². The third kappa shape index (κ3) is 1.65. The maximum Gasteiger partial charge on any atom is 0.456 e. The number of halogens is 15. The van der Waals surface area contributed by atoms with Crippen LogP contribution in [0.1, 0.15) is 0 Å². The first-order valence-electron chi connectivity index (χ1n) is 5.06. The lowest BCUT2D eigenvalue weighted by Crippen LogP contribution is -2.90. The summed E-state index contributed by atoms with van der Waals surface area (Å²) >= 11 is 0. The van der Waals surface area contributed by atoms with Crippen molar-refractivity contribution in [2.24, 2.45) is 0 Å². The standard InChI is InChI=1S/C8HF15O/c9-2(10)1(24,4(13,14)8(21,22)23)3(11,12)6(17,18)7(19,20)5(2,15)16/h24H. The van der Waals surface area contributed by atoms with E-state index in [9.17, 15) is 65.9 Å². The Labute approximate surface area is 120 Å². The molecule has 16 heteroatoms. The molecule has 0 aliphatic heterocycles. The van der Waals surface area contributed by atoms with Gasteiger partial charge in [-0.25, -0.2) is 0 Å². The second-order valence-electron chi connectivity index (χ2n) is 4.65. The molecule has 0 saturated heterocycles. The molecule has 0 radical (unpaired) electrons. The number of hydrogen-bond acceptors (Lipinski definition) is 1. The van der Waals surface area contributed by atoms with Crippen LogP contribution >= 0.6 is 0 Å². The van der Waals surface area contributed by atoms with Crippen molar-refractivity contribution in [1.29, 1.82) is 0 Å². The summed E-state index contributed by atoms with van der Waals surface area (Å²) in [6.07, 6.45) is -7.71. The summed E-state index contributed by atoms with van der Waals surface area (Å²) in [5, 5.41) is 8.43. The molecule has 1 nitrogen and oxygen atoms in total. The smallest absolute Gasteiger partial charge is 0.373 e. The lowest BCUT2D eigenvalue weighted by atomic mass is 9.67. The second kappa shape index (κ2) is 4.35. The van der Waals surface area contributed by atoms with Gasteiger partial charge in [0.1, 0.15) is 0 Å². The molecule has 0 bridgehead atoms. The summed E-state index contributed by atoms with van der Waals surface area (Å²) in [7, 11) is 0. The highest BCUT2D eigenvalue weighted by molar-refractivity contribution is 5.30. The predicted octanol–water partition coefficient (Wildman–Crippen LogP) is 4.11. The maximum absolute atomic E-state index is 13.1. The van der Waals surface area contributed by atoms with Crippen molar-refractivity contribution in [2.45, 2.75) is 47.3 Å². The monoisotopic (exact) mass is 398 g/mol. The molecular weight excluding hydrogens is 397 g/mol. The molecule has 1 N–H and O–H groups in total. The van der Waals surface area contributed by atoms with E-state index in [1.54, 1.807) is 0 Å². The molecule has 24 heavy (non-hydrogen) atoms. The van der Waals surface area contributed by atoms with E-state index in [1.165, 1.54) is 0 Å². The van der Waals surface area contributed by atoms with Gasteiger partial charge in [0.05, 0.1) is 0 Å². The highest BCUT2D eigenvalue weighted by Gasteiger charge is 3.06. The Kier molecular flexibility index (Phi) is 3.80. The third-order valence-electron chi connectivity index (χ3n) is 3.30. The topological polar surface area (TPSA) is 20.2 Å². The quantitative estimate of drug-likeness (QED) is 0.660. The van der Waals surface area contributed by atoms with Crippen LogP contribution in [0, 0.1) is 0 Å². The zero-order valence-corrected chi connectivity index (χ0v) is 10.1. The van der Waals surface area contributed by atoms with Crippen LogP contribution in [0.3, 0.4) is 0 Å². The van der Waals surface area contributed by atoms with Gasteiger partial charge < -0.3 is 5.11 Å². The van der Waals surface area contributed by atoms with Crippen molar-refractivity contribution in [3.63, 3.8) is 0 Å². The molecule has 1 saturated carbocycles. The molecule has 0 amide bonds. The Morgan fingerprint density at radius 2 is 0.667 bits per heavy atom. The van der Waals surface area contributed by atoms with E-state index in [1.807, 2.05) is 0 Å². The highest BCUT2D eigenvalue weighted by Crippen LogP contribution is 2.72. The summed E-state index contributed by atoms with van der Waals surface area (Å²) in [6, 6.07) is 0. The van der Waals surface area contributed by atoms with E-state index >= 15 is 0 Å². The van der Waals surface area contributed by atoms with E-state index in [0.29, 0.717) is 0 Å². The average Bonchev–Trinajstić information content (AvgIpc) is 2.33. The fraction of sp³-hybridized carbons (Fsp3) is 1.00. The Hall–Kier alpha value is -1.09. The van der Waals surface area contributed by atoms with Gasteiger partial charge in [-0.3, -0.25) is 0 Å². The first-order valence-corrected chi connectivity index (χ1v) is 5.06. The van der Waals surface area contributed by atoms with Crippen molar-refractivity contribution >= 4 is 0 Å². The van der Waals surface area contributed by atoms with Crippen LogP contribution in [0.4, 0.5) is 65.9 Å². The fourth-order valence-corrected chi connectivity index (χ4v) is 1.84. The lowest BCUT2D eigenvalue weighted by molar-refractivity contribution is -0.533. The Balaban J connectivity index is 4.04. The van der Waals surface area contributed by atoms with Gasteiger partial charge in [-0.15, -0.1) is 0 Å². The molecule has 0 heterocycles. The lowest BCUT2D eigenvalue weighted by Gasteiger charge is -2.55. The number of alkyl halides is 15. The Morgan fingerprint density at radius 3 is 0.875 bits per heavy atom. The van der Waals surface area contributed by atoms with E-state index in [2.05, 4.69) is 0 Å². The third-order valence-corrected chi connectivity index (χ3v) is 3.30. The largest absolute Gasteiger partial charge is 0.456 e. The predicted molar refractivity (Wildman–Crippen MR) is 40.7 cm³/mol. The molecule has 0 atom stereocenters. The van der Waals surface area contributed by atoms with Crippen molar-refractivity contribution in [3.8, 4) is 0 Å². The van der Waals surface area contributed by atoms with Crippen LogP contribution in [0.15, 0.2) is 0 Å². The van der Waals surface area contributed by atoms with Gasteiger partial charge in [-0.05, 0) is 0 Å². The van der Waals surface area contributed by atoms with Gasteiger partial charge >= 0.3 is 41.7 Å². The van der Waals surface area contributed by atoms with Crippen molar-refractivity contribution in [2.75, 3.05) is 0 Å². The SMILES string of the molecule is OC1(C(F)(F)C(F)(F)F)C(F)(F)C(F)(F)C(F)(F)C(F)(F)C1(F)F. The van der Waals surface area contributed by atoms with Crippen LogP contribution in [-0.2, 0) is 0 Å². The van der Waals surface area contributed by atoms with Gasteiger partial charge in [-0.1, -0.05) is 0 Å². The van der Waals surface area contributed by atoms with Gasteiger partial charge in [0.15, 0.2) is 0 Å². The molecular formula is C8HF15O. The molecule has 1 fully saturated rings. The molecule has 1 aliphatic carbocycles. The summed E-state index contributed by atoms with van der Waals surface area (Å²) < 4.78 is 191. The number of rotatable bonds is 1. The molecule has 1 aliphatic rings. The highest BCUT2D eigenvalue weighted by atomic mass is 19.4. The minimum Gasteiger partial charge on any atom is -0.373 e. The first kappa shape index (κ1) is 21.0. The first-order chi connectivity index (χ1) is 10.0. The fourth-order valence-electron chi connectivity index (χ4n) is 1.84. The molecule has 0 aromatic heterocycles. The zero-order chi connectivity index (χ0) is 20.0. The number of aliphatic hydroxyl groups is 1. The number of hydrogen-bond donors (Lipinski definition) is 1. The summed E-state index contributed by atoms with van der Waals surface area (Å²) in [4.78, 5) is 0. The molecule has 1 rings (SSSR count). The van der Waals surface area contributed by atoms with Crippen LogP contribution in [0.2, 0.25) is 0 Å². The van der Waals surface area contributed by atoms with Crippen LogP contribution in [0.25, 0.3) is 0 Å². The maximum atomic E-state index is 13.1. The van der Waals surface area contributed by atoms with Gasteiger partial charge in [-0.2, -0.15) is 65.9 Å². The molecule has 0 aromatic rings. The molecule has 144 valence electrons. The van der Waals surface area contributed by atoms with Crippen molar-refractivity contribution in [1.82, 2.24) is 0 Å². The Bertz CT molecular complexity index is 498. The van der Waals surface area contributed by atoms with E-state index in [0.717, 1.165) is 0 Å². The van der Waals surface area contributed by atoms with Gasteiger partial charge in [0, 0.05) is 0 Å². The van der Waals surface area contributed by atoms with Crippen molar-refractivity contribution < 1.29 is 71.0 Å². The molecule has 0 aromatic carbocycles. The molecule has 0 spiro atoms. The van der Waals surface area contributed by atoms with Crippen LogP contribution in [-0.4, -0.2) is 52.4 Å². The Morgan fingerprint density at radius 1 is 0.458 bits per heavy atom. The summed E-state index contributed by atoms with van der Waals surface area (Å²) in [5.74, 6) is -47.7. The van der Waals surface area contributed by atoms with E-state index < -0.39 is 47.3 Å². The van der Waals surface area contributed by atoms with Crippen LogP contribution in [0.5, 0.6) is 0 Å². The van der Waals surface area contributed by atoms with Gasteiger partial charge in [0.2, 0.25) is 0 Å². The summed E-state index contributed by atoms with van der Waals surface area (Å²) in [5.41, 5.74) is -7.93.